The number of nitrogens with one attached hydrogen (secondary N) is 2. The van der Waals surface area contributed by atoms with E-state index in [2.05, 4.69) is 20.2 Å². The summed E-state index contributed by atoms with van der Waals surface area (Å²) < 4.78 is 0. The second kappa shape index (κ2) is 6.35. The number of anilines is 2. The van der Waals surface area contributed by atoms with Crippen molar-refractivity contribution in [2.75, 3.05) is 23.3 Å². The van der Waals surface area contributed by atoms with E-state index in [4.69, 9.17) is 0 Å². The van der Waals surface area contributed by atoms with Crippen molar-refractivity contribution in [2.45, 2.75) is 39.0 Å². The molecule has 2 aromatic heterocycles. The van der Waals surface area contributed by atoms with E-state index in [9.17, 15) is 9.59 Å². The fourth-order valence-electron chi connectivity index (χ4n) is 3.79. The summed E-state index contributed by atoms with van der Waals surface area (Å²) >= 11 is 0. The molecule has 1 amide bonds. The van der Waals surface area contributed by atoms with Crippen LogP contribution in [-0.4, -0.2) is 34.7 Å². The SMILES string of the molecule is Cc1c(C(=O)Nc2ccc(N3CCCC3)nc2)[nH]c2c1C(=O)CCC2. The topological polar surface area (TPSA) is 78.1 Å². The van der Waals surface area contributed by atoms with Gasteiger partial charge in [-0.3, -0.25) is 9.59 Å². The minimum atomic E-state index is -0.226. The third-order valence-corrected chi connectivity index (χ3v) is 5.10. The van der Waals surface area contributed by atoms with Crippen molar-refractivity contribution in [3.05, 3.63) is 40.8 Å². The van der Waals surface area contributed by atoms with E-state index in [-0.39, 0.29) is 11.7 Å². The first-order valence-electron chi connectivity index (χ1n) is 8.90. The molecule has 6 heteroatoms. The number of ketones is 1. The number of amides is 1. The highest BCUT2D eigenvalue weighted by Gasteiger charge is 2.26. The van der Waals surface area contributed by atoms with Gasteiger partial charge in [0.25, 0.3) is 5.91 Å². The van der Waals surface area contributed by atoms with Crippen LogP contribution in [0.2, 0.25) is 0 Å². The zero-order valence-electron chi connectivity index (χ0n) is 14.4. The molecule has 3 heterocycles. The van der Waals surface area contributed by atoms with Crippen molar-refractivity contribution in [1.29, 1.82) is 0 Å². The normalized spacial score (nSPS) is 16.8. The number of carbonyl (C=O) groups is 2. The molecular weight excluding hydrogens is 316 g/mol. The molecule has 0 bridgehead atoms. The standard InChI is InChI=1S/C19H22N4O2/c1-12-17-14(5-4-6-15(17)24)22-18(12)19(25)21-13-7-8-16(20-11-13)23-9-2-3-10-23/h7-8,11,22H,2-6,9-10H2,1H3,(H,21,25). The predicted molar refractivity (Wildman–Crippen MR) is 96.4 cm³/mol. The van der Waals surface area contributed by atoms with Crippen LogP contribution < -0.4 is 10.2 Å². The summed E-state index contributed by atoms with van der Waals surface area (Å²) in [4.78, 5) is 34.6. The zero-order valence-corrected chi connectivity index (χ0v) is 14.4. The Labute approximate surface area is 146 Å². The fraction of sp³-hybridized carbons (Fsp3) is 0.421. The number of H-pyrrole nitrogens is 1. The maximum absolute atomic E-state index is 12.6. The van der Waals surface area contributed by atoms with E-state index in [1.807, 2.05) is 19.1 Å². The number of aromatic amines is 1. The molecule has 1 aliphatic carbocycles. The van der Waals surface area contributed by atoms with Crippen molar-refractivity contribution in [3.8, 4) is 0 Å². The Bertz CT molecular complexity index is 817. The molecule has 25 heavy (non-hydrogen) atoms. The lowest BCUT2D eigenvalue weighted by atomic mass is 9.94. The third-order valence-electron chi connectivity index (χ3n) is 5.10. The number of hydrogen-bond donors (Lipinski definition) is 2. The van der Waals surface area contributed by atoms with E-state index in [1.54, 1.807) is 6.20 Å². The Kier molecular flexibility index (Phi) is 4.03. The van der Waals surface area contributed by atoms with Crippen LogP contribution in [0.1, 0.15) is 57.8 Å². The summed E-state index contributed by atoms with van der Waals surface area (Å²) in [5, 5.41) is 2.88. The van der Waals surface area contributed by atoms with Crippen LogP contribution in [0.15, 0.2) is 18.3 Å². The summed E-state index contributed by atoms with van der Waals surface area (Å²) in [5.41, 5.74) is 3.48. The summed E-state index contributed by atoms with van der Waals surface area (Å²) in [6.45, 7) is 3.92. The van der Waals surface area contributed by atoms with Gasteiger partial charge in [0.05, 0.1) is 11.9 Å². The fourth-order valence-corrected chi connectivity index (χ4v) is 3.79. The van der Waals surface area contributed by atoms with Crippen LogP contribution in [0.3, 0.4) is 0 Å². The Hall–Kier alpha value is -2.63. The molecule has 2 aliphatic rings. The number of pyridine rings is 1. The molecule has 1 aliphatic heterocycles. The molecule has 2 aromatic rings. The molecule has 0 unspecified atom stereocenters. The Balaban J connectivity index is 1.51. The maximum Gasteiger partial charge on any atom is 0.272 e. The molecule has 4 rings (SSSR count). The average molecular weight is 338 g/mol. The molecule has 0 saturated carbocycles. The average Bonchev–Trinajstić information content (AvgIpc) is 3.25. The van der Waals surface area contributed by atoms with Crippen molar-refractivity contribution in [1.82, 2.24) is 9.97 Å². The van der Waals surface area contributed by atoms with Crippen molar-refractivity contribution < 1.29 is 9.59 Å². The highest BCUT2D eigenvalue weighted by molar-refractivity contribution is 6.08. The predicted octanol–water partition coefficient (Wildman–Crippen LogP) is 3.09. The quantitative estimate of drug-likeness (QED) is 0.901. The summed E-state index contributed by atoms with van der Waals surface area (Å²) in [6, 6.07) is 3.82. The van der Waals surface area contributed by atoms with Gasteiger partial charge in [-0.05, 0) is 50.3 Å². The maximum atomic E-state index is 12.6. The van der Waals surface area contributed by atoms with Crippen LogP contribution >= 0.6 is 0 Å². The molecule has 1 saturated heterocycles. The van der Waals surface area contributed by atoms with Gasteiger partial charge in [0.2, 0.25) is 0 Å². The number of Topliss-reactive ketones (excluding diaryl/α,β-unsaturated/α-hetero) is 1. The summed E-state index contributed by atoms with van der Waals surface area (Å²) in [6.07, 6.45) is 6.32. The Morgan fingerprint density at radius 3 is 2.68 bits per heavy atom. The highest BCUT2D eigenvalue weighted by atomic mass is 16.2. The molecule has 1 fully saturated rings. The highest BCUT2D eigenvalue weighted by Crippen LogP contribution is 2.27. The van der Waals surface area contributed by atoms with Gasteiger partial charge in [0.15, 0.2) is 5.78 Å². The summed E-state index contributed by atoms with van der Waals surface area (Å²) in [7, 11) is 0. The van der Waals surface area contributed by atoms with Crippen LogP contribution in [0.25, 0.3) is 0 Å². The zero-order chi connectivity index (χ0) is 17.4. The smallest absolute Gasteiger partial charge is 0.272 e. The van der Waals surface area contributed by atoms with Crippen LogP contribution in [-0.2, 0) is 6.42 Å². The van der Waals surface area contributed by atoms with Gasteiger partial charge in [-0.15, -0.1) is 0 Å². The van der Waals surface area contributed by atoms with Crippen molar-refractivity contribution in [2.24, 2.45) is 0 Å². The molecular formula is C19H22N4O2. The first kappa shape index (κ1) is 15.9. The van der Waals surface area contributed by atoms with E-state index >= 15 is 0 Å². The van der Waals surface area contributed by atoms with Crippen LogP contribution in [0.4, 0.5) is 11.5 Å². The number of aromatic nitrogens is 2. The first-order chi connectivity index (χ1) is 12.1. The van der Waals surface area contributed by atoms with E-state index in [0.29, 0.717) is 23.4 Å². The van der Waals surface area contributed by atoms with Gasteiger partial charge in [-0.25, -0.2) is 4.98 Å². The van der Waals surface area contributed by atoms with E-state index in [1.165, 1.54) is 12.8 Å². The lowest BCUT2D eigenvalue weighted by Gasteiger charge is -2.16. The number of hydrogen-bond acceptors (Lipinski definition) is 4. The third kappa shape index (κ3) is 2.92. The van der Waals surface area contributed by atoms with Gasteiger partial charge in [-0.1, -0.05) is 0 Å². The minimum absolute atomic E-state index is 0.130. The van der Waals surface area contributed by atoms with Gasteiger partial charge < -0.3 is 15.2 Å². The van der Waals surface area contributed by atoms with Crippen molar-refractivity contribution >= 4 is 23.2 Å². The monoisotopic (exact) mass is 338 g/mol. The van der Waals surface area contributed by atoms with Gasteiger partial charge >= 0.3 is 0 Å². The number of rotatable bonds is 3. The Morgan fingerprint density at radius 1 is 1.20 bits per heavy atom. The Morgan fingerprint density at radius 2 is 2.00 bits per heavy atom. The van der Waals surface area contributed by atoms with Crippen LogP contribution in [0.5, 0.6) is 0 Å². The van der Waals surface area contributed by atoms with Gasteiger partial charge in [-0.2, -0.15) is 0 Å². The molecule has 130 valence electrons. The first-order valence-corrected chi connectivity index (χ1v) is 8.90. The lowest BCUT2D eigenvalue weighted by molar-refractivity contribution is 0.0971. The summed E-state index contributed by atoms with van der Waals surface area (Å²) in [5.74, 6) is 0.855. The second-order valence-corrected chi connectivity index (χ2v) is 6.81. The largest absolute Gasteiger partial charge is 0.357 e. The van der Waals surface area contributed by atoms with E-state index in [0.717, 1.165) is 43.0 Å². The minimum Gasteiger partial charge on any atom is -0.357 e. The number of carbonyl (C=O) groups excluding carboxylic acids is 2. The molecule has 2 N–H and O–H groups in total. The van der Waals surface area contributed by atoms with Gasteiger partial charge in [0.1, 0.15) is 11.5 Å². The molecule has 0 atom stereocenters. The molecule has 0 aromatic carbocycles. The molecule has 0 radical (unpaired) electrons. The van der Waals surface area contributed by atoms with Crippen molar-refractivity contribution in [3.63, 3.8) is 0 Å². The molecule has 6 nitrogen and oxygen atoms in total. The number of nitrogens with zero attached hydrogens (tertiary/aromatic N) is 2. The molecule has 0 spiro atoms. The van der Waals surface area contributed by atoms with Gasteiger partial charge in [0, 0.05) is 30.8 Å². The number of fused-ring (bicyclic) bond motifs is 1. The second-order valence-electron chi connectivity index (χ2n) is 6.81. The lowest BCUT2D eigenvalue weighted by Crippen LogP contribution is -2.19. The van der Waals surface area contributed by atoms with Crippen LogP contribution in [0, 0.1) is 6.92 Å². The number of aryl methyl sites for hydroxylation is 1. The van der Waals surface area contributed by atoms with E-state index < -0.39 is 0 Å².